The number of benzene rings is 3. The van der Waals surface area contributed by atoms with E-state index in [0.717, 1.165) is 11.1 Å². The number of aryl methyl sites for hydroxylation is 2. The lowest BCUT2D eigenvalue weighted by molar-refractivity contribution is -0.118. The van der Waals surface area contributed by atoms with Crippen molar-refractivity contribution in [1.82, 2.24) is 4.72 Å². The van der Waals surface area contributed by atoms with Gasteiger partial charge in [-0.2, -0.15) is 0 Å². The van der Waals surface area contributed by atoms with Crippen LogP contribution in [0.3, 0.4) is 0 Å². The lowest BCUT2D eigenvalue weighted by Gasteiger charge is -2.13. The van der Waals surface area contributed by atoms with Crippen LogP contribution in [0.4, 0.5) is 5.69 Å². The van der Waals surface area contributed by atoms with Crippen LogP contribution in [0.2, 0.25) is 5.02 Å². The average molecular weight is 459 g/mol. The molecule has 0 aliphatic heterocycles. The smallest absolute Gasteiger partial charge is 0.262 e. The molecule has 0 aliphatic rings. The van der Waals surface area contributed by atoms with Crippen molar-refractivity contribution in [3.8, 4) is 5.75 Å². The summed E-state index contributed by atoms with van der Waals surface area (Å²) in [6, 6.07) is 19.0. The summed E-state index contributed by atoms with van der Waals surface area (Å²) in [6.45, 7) is 3.57. The number of nitrogens with one attached hydrogen (secondary N) is 2. The minimum Gasteiger partial charge on any atom is -0.483 e. The fourth-order valence-electron chi connectivity index (χ4n) is 2.91. The van der Waals surface area contributed by atoms with Crippen molar-refractivity contribution in [2.75, 3.05) is 11.9 Å². The van der Waals surface area contributed by atoms with Gasteiger partial charge in [-0.1, -0.05) is 41.9 Å². The molecule has 3 aromatic carbocycles. The van der Waals surface area contributed by atoms with Gasteiger partial charge in [0.05, 0.1) is 4.90 Å². The summed E-state index contributed by atoms with van der Waals surface area (Å²) in [5, 5.41) is 3.36. The summed E-state index contributed by atoms with van der Waals surface area (Å²) >= 11 is 5.92. The summed E-state index contributed by atoms with van der Waals surface area (Å²) in [5.74, 6) is 0.107. The Morgan fingerprint density at radius 2 is 1.71 bits per heavy atom. The Labute approximate surface area is 187 Å². The first-order valence-corrected chi connectivity index (χ1v) is 11.4. The Hall–Kier alpha value is -2.87. The molecule has 0 spiro atoms. The Morgan fingerprint density at radius 1 is 0.968 bits per heavy atom. The molecule has 0 fully saturated rings. The Morgan fingerprint density at radius 3 is 2.39 bits per heavy atom. The second kappa shape index (κ2) is 9.96. The lowest BCUT2D eigenvalue weighted by Crippen LogP contribution is -2.23. The van der Waals surface area contributed by atoms with E-state index in [-0.39, 0.29) is 24.0 Å². The van der Waals surface area contributed by atoms with Gasteiger partial charge in [-0.05, 0) is 66.9 Å². The summed E-state index contributed by atoms with van der Waals surface area (Å²) in [6.07, 6.45) is 0. The Bertz CT molecular complexity index is 1180. The molecule has 0 aliphatic carbocycles. The highest BCUT2D eigenvalue weighted by Gasteiger charge is 2.16. The van der Waals surface area contributed by atoms with Crippen molar-refractivity contribution in [3.05, 3.63) is 88.4 Å². The van der Waals surface area contributed by atoms with Crippen molar-refractivity contribution >= 4 is 33.2 Å². The molecule has 162 valence electrons. The van der Waals surface area contributed by atoms with Crippen LogP contribution in [0.25, 0.3) is 0 Å². The molecule has 0 atom stereocenters. The molecule has 3 rings (SSSR count). The van der Waals surface area contributed by atoms with E-state index in [0.29, 0.717) is 22.0 Å². The highest BCUT2D eigenvalue weighted by Crippen LogP contribution is 2.23. The predicted octanol–water partition coefficient (Wildman–Crippen LogP) is 4.45. The second-order valence-corrected chi connectivity index (χ2v) is 9.24. The van der Waals surface area contributed by atoms with E-state index in [1.807, 2.05) is 37.3 Å². The number of anilines is 1. The Balaban J connectivity index is 1.60. The number of rotatable bonds is 8. The van der Waals surface area contributed by atoms with Gasteiger partial charge in [0.25, 0.3) is 5.91 Å². The molecule has 3 aromatic rings. The van der Waals surface area contributed by atoms with E-state index in [1.54, 1.807) is 31.2 Å². The van der Waals surface area contributed by atoms with Crippen LogP contribution in [0.15, 0.2) is 71.6 Å². The predicted molar refractivity (Wildman–Crippen MR) is 122 cm³/mol. The first-order chi connectivity index (χ1) is 14.7. The zero-order chi connectivity index (χ0) is 22.4. The topological polar surface area (TPSA) is 84.5 Å². The van der Waals surface area contributed by atoms with Gasteiger partial charge >= 0.3 is 0 Å². The van der Waals surface area contributed by atoms with Crippen LogP contribution in [-0.4, -0.2) is 20.9 Å². The molecular weight excluding hydrogens is 436 g/mol. The Kier molecular flexibility index (Phi) is 7.33. The zero-order valence-corrected chi connectivity index (χ0v) is 18.8. The third-order valence-corrected chi connectivity index (χ3v) is 6.22. The number of ether oxygens (including phenoxy) is 1. The van der Waals surface area contributed by atoms with Crippen LogP contribution in [-0.2, 0) is 21.4 Å². The van der Waals surface area contributed by atoms with E-state index in [1.165, 1.54) is 12.1 Å². The van der Waals surface area contributed by atoms with Crippen molar-refractivity contribution < 1.29 is 17.9 Å². The van der Waals surface area contributed by atoms with Crippen LogP contribution in [0.5, 0.6) is 5.75 Å². The molecule has 0 saturated carbocycles. The number of carbonyl (C=O) groups excluding carboxylic acids is 1. The molecule has 0 heterocycles. The highest BCUT2D eigenvalue weighted by atomic mass is 35.5. The fraction of sp³-hybridized carbons (Fsp3) is 0.174. The van der Waals surface area contributed by atoms with Crippen LogP contribution < -0.4 is 14.8 Å². The van der Waals surface area contributed by atoms with Crippen molar-refractivity contribution in [1.29, 1.82) is 0 Å². The number of hydrogen-bond donors (Lipinski definition) is 2. The third-order valence-electron chi connectivity index (χ3n) is 4.59. The van der Waals surface area contributed by atoms with Gasteiger partial charge in [-0.25, -0.2) is 13.1 Å². The molecule has 0 bridgehead atoms. The van der Waals surface area contributed by atoms with Crippen LogP contribution in [0, 0.1) is 13.8 Å². The van der Waals surface area contributed by atoms with Gasteiger partial charge in [-0.3, -0.25) is 4.79 Å². The number of hydrogen-bond acceptors (Lipinski definition) is 4. The number of sulfonamides is 1. The van der Waals surface area contributed by atoms with Crippen molar-refractivity contribution in [2.45, 2.75) is 25.3 Å². The largest absolute Gasteiger partial charge is 0.483 e. The van der Waals surface area contributed by atoms with E-state index >= 15 is 0 Å². The molecular formula is C23H23ClN2O4S. The molecule has 8 heteroatoms. The maximum absolute atomic E-state index is 12.6. The third kappa shape index (κ3) is 6.30. The maximum Gasteiger partial charge on any atom is 0.262 e. The number of halogens is 1. The summed E-state index contributed by atoms with van der Waals surface area (Å²) in [4.78, 5) is 12.3. The first kappa shape index (κ1) is 22.8. The second-order valence-electron chi connectivity index (χ2n) is 7.03. The van der Waals surface area contributed by atoms with Crippen LogP contribution in [0.1, 0.15) is 16.7 Å². The SMILES string of the molecule is Cc1cc(Cl)ccc1NC(=O)COc1ccc(S(=O)(=O)NCc2ccccc2)cc1C. The molecule has 31 heavy (non-hydrogen) atoms. The summed E-state index contributed by atoms with van der Waals surface area (Å²) in [5.41, 5.74) is 2.97. The zero-order valence-electron chi connectivity index (χ0n) is 17.2. The summed E-state index contributed by atoms with van der Waals surface area (Å²) in [7, 11) is -3.67. The molecule has 6 nitrogen and oxygen atoms in total. The van der Waals surface area contributed by atoms with Gasteiger partial charge in [0.1, 0.15) is 5.75 Å². The van der Waals surface area contributed by atoms with Crippen LogP contribution >= 0.6 is 11.6 Å². The summed E-state index contributed by atoms with van der Waals surface area (Å²) < 4.78 is 33.3. The van der Waals surface area contributed by atoms with E-state index in [9.17, 15) is 13.2 Å². The monoisotopic (exact) mass is 458 g/mol. The molecule has 0 saturated heterocycles. The normalized spacial score (nSPS) is 11.2. The molecule has 0 aromatic heterocycles. The minimum atomic E-state index is -3.67. The van der Waals surface area contributed by atoms with Gasteiger partial charge in [-0.15, -0.1) is 0 Å². The van der Waals surface area contributed by atoms with Gasteiger partial charge in [0.15, 0.2) is 6.61 Å². The fourth-order valence-corrected chi connectivity index (χ4v) is 4.23. The highest BCUT2D eigenvalue weighted by molar-refractivity contribution is 7.89. The maximum atomic E-state index is 12.6. The standard InChI is InChI=1S/C23H23ClN2O4S/c1-16-12-19(24)8-10-21(16)26-23(27)15-30-22-11-9-20(13-17(22)2)31(28,29)25-14-18-6-4-3-5-7-18/h3-13,25H,14-15H2,1-2H3,(H,26,27). The van der Waals surface area contributed by atoms with Gasteiger partial charge < -0.3 is 10.1 Å². The van der Waals surface area contributed by atoms with E-state index < -0.39 is 10.0 Å². The molecule has 0 radical (unpaired) electrons. The van der Waals surface area contributed by atoms with Gasteiger partial charge in [0.2, 0.25) is 10.0 Å². The first-order valence-electron chi connectivity index (χ1n) is 9.57. The quantitative estimate of drug-likeness (QED) is 0.522. The molecule has 0 unspecified atom stereocenters. The van der Waals surface area contributed by atoms with Crippen molar-refractivity contribution in [3.63, 3.8) is 0 Å². The average Bonchev–Trinajstić information content (AvgIpc) is 2.74. The van der Waals surface area contributed by atoms with E-state index in [4.69, 9.17) is 16.3 Å². The van der Waals surface area contributed by atoms with Gasteiger partial charge in [0, 0.05) is 17.3 Å². The number of carbonyl (C=O) groups is 1. The number of amides is 1. The minimum absolute atomic E-state index is 0.134. The molecule has 2 N–H and O–H groups in total. The molecule has 1 amide bonds. The van der Waals surface area contributed by atoms with Crippen molar-refractivity contribution in [2.24, 2.45) is 0 Å². The lowest BCUT2D eigenvalue weighted by atomic mass is 10.2. The van der Waals surface area contributed by atoms with E-state index in [2.05, 4.69) is 10.0 Å².